The van der Waals surface area contributed by atoms with E-state index < -0.39 is 10.8 Å². The average molecular weight is 346 g/mol. The summed E-state index contributed by atoms with van der Waals surface area (Å²) in [4.78, 5) is 22.1. The van der Waals surface area contributed by atoms with Crippen LogP contribution in [0.25, 0.3) is 0 Å². The molecule has 3 N–H and O–H groups in total. The lowest BCUT2D eigenvalue weighted by atomic mass is 10.2. The van der Waals surface area contributed by atoms with Crippen LogP contribution >= 0.6 is 12.2 Å². The number of benzene rings is 2. The first-order chi connectivity index (χ1) is 11.5. The number of anilines is 1. The van der Waals surface area contributed by atoms with Crippen LogP contribution in [0.3, 0.4) is 0 Å². The van der Waals surface area contributed by atoms with Gasteiger partial charge in [0.2, 0.25) is 0 Å². The molecule has 0 atom stereocenters. The summed E-state index contributed by atoms with van der Waals surface area (Å²) >= 11 is 5.06. The number of hydrogen-bond donors (Lipinski definition) is 3. The van der Waals surface area contributed by atoms with Crippen LogP contribution in [-0.2, 0) is 0 Å². The van der Waals surface area contributed by atoms with E-state index >= 15 is 0 Å². The number of carbonyl (C=O) groups excluding carboxylic acids is 1. The van der Waals surface area contributed by atoms with Gasteiger partial charge in [0.25, 0.3) is 11.6 Å². The molecule has 124 valence electrons. The van der Waals surface area contributed by atoms with E-state index in [1.165, 1.54) is 24.3 Å². The van der Waals surface area contributed by atoms with Crippen molar-refractivity contribution in [2.75, 3.05) is 12.4 Å². The molecule has 8 nitrogen and oxygen atoms in total. The predicted molar refractivity (Wildman–Crippen MR) is 92.9 cm³/mol. The minimum Gasteiger partial charge on any atom is -0.497 e. The minimum absolute atomic E-state index is 0.143. The van der Waals surface area contributed by atoms with E-state index in [-0.39, 0.29) is 16.4 Å². The minimum atomic E-state index is -0.569. The van der Waals surface area contributed by atoms with E-state index in [4.69, 9.17) is 17.0 Å². The second kappa shape index (κ2) is 7.88. The third-order valence-corrected chi connectivity index (χ3v) is 3.16. The number of methoxy groups -OCH3 is 1. The molecular formula is C15H14N4O4S. The van der Waals surface area contributed by atoms with Gasteiger partial charge >= 0.3 is 0 Å². The van der Waals surface area contributed by atoms with Gasteiger partial charge in [-0.05, 0) is 42.5 Å². The molecule has 0 saturated heterocycles. The lowest BCUT2D eigenvalue weighted by Crippen LogP contribution is -2.43. The molecular weight excluding hydrogens is 332 g/mol. The molecule has 0 fully saturated rings. The first-order valence-electron chi connectivity index (χ1n) is 6.75. The molecule has 0 unspecified atom stereocenters. The zero-order chi connectivity index (χ0) is 17.5. The third-order valence-electron chi connectivity index (χ3n) is 2.96. The number of non-ortho nitro benzene ring substituents is 1. The van der Waals surface area contributed by atoms with Gasteiger partial charge < -0.3 is 10.1 Å². The molecule has 24 heavy (non-hydrogen) atoms. The molecule has 0 aliphatic heterocycles. The number of thiocarbonyl (C=S) groups is 1. The van der Waals surface area contributed by atoms with Gasteiger partial charge in [0, 0.05) is 23.4 Å². The number of nitrogens with one attached hydrogen (secondary N) is 3. The zero-order valence-corrected chi connectivity index (χ0v) is 13.4. The summed E-state index contributed by atoms with van der Waals surface area (Å²) in [5, 5.41) is 13.7. The van der Waals surface area contributed by atoms with Gasteiger partial charge in [0.1, 0.15) is 5.75 Å². The Morgan fingerprint density at radius 2 is 1.88 bits per heavy atom. The van der Waals surface area contributed by atoms with Gasteiger partial charge in [-0.2, -0.15) is 0 Å². The van der Waals surface area contributed by atoms with Crippen molar-refractivity contribution in [3.8, 4) is 5.75 Å². The van der Waals surface area contributed by atoms with Gasteiger partial charge in [0.15, 0.2) is 5.11 Å². The first-order valence-corrected chi connectivity index (χ1v) is 7.16. The molecule has 0 aliphatic carbocycles. The summed E-state index contributed by atoms with van der Waals surface area (Å²) in [6.07, 6.45) is 0. The van der Waals surface area contributed by atoms with Crippen LogP contribution in [0.1, 0.15) is 10.4 Å². The average Bonchev–Trinajstić information content (AvgIpc) is 2.60. The zero-order valence-electron chi connectivity index (χ0n) is 12.6. The molecule has 0 bridgehead atoms. The molecule has 2 aromatic rings. The van der Waals surface area contributed by atoms with Crippen molar-refractivity contribution in [2.24, 2.45) is 0 Å². The number of hydrogen-bond acceptors (Lipinski definition) is 5. The van der Waals surface area contributed by atoms with Crippen molar-refractivity contribution in [2.45, 2.75) is 0 Å². The smallest absolute Gasteiger partial charge is 0.270 e. The quantitative estimate of drug-likeness (QED) is 0.443. The van der Waals surface area contributed by atoms with Crippen molar-refractivity contribution in [3.05, 3.63) is 64.2 Å². The normalized spacial score (nSPS) is 9.71. The second-order valence-electron chi connectivity index (χ2n) is 4.57. The van der Waals surface area contributed by atoms with Crippen LogP contribution in [0.5, 0.6) is 5.75 Å². The molecule has 0 saturated carbocycles. The summed E-state index contributed by atoms with van der Waals surface area (Å²) in [5.41, 5.74) is 5.58. The Kier molecular flexibility index (Phi) is 5.63. The Morgan fingerprint density at radius 1 is 1.17 bits per heavy atom. The highest BCUT2D eigenvalue weighted by Gasteiger charge is 2.11. The lowest BCUT2D eigenvalue weighted by Gasteiger charge is -2.12. The van der Waals surface area contributed by atoms with Crippen molar-refractivity contribution >= 4 is 34.6 Å². The number of amides is 1. The van der Waals surface area contributed by atoms with E-state index in [2.05, 4.69) is 16.2 Å². The Morgan fingerprint density at radius 3 is 2.50 bits per heavy atom. The van der Waals surface area contributed by atoms with E-state index in [9.17, 15) is 14.9 Å². The van der Waals surface area contributed by atoms with Crippen LogP contribution in [0.4, 0.5) is 11.4 Å². The van der Waals surface area contributed by atoms with Crippen molar-refractivity contribution in [1.82, 2.24) is 10.9 Å². The third kappa shape index (κ3) is 4.65. The van der Waals surface area contributed by atoms with Gasteiger partial charge in [-0.15, -0.1) is 0 Å². The maximum absolute atomic E-state index is 12.0. The van der Waals surface area contributed by atoms with Crippen LogP contribution in [0.15, 0.2) is 48.5 Å². The molecule has 2 rings (SSSR count). The van der Waals surface area contributed by atoms with Crippen LogP contribution in [0, 0.1) is 10.1 Å². The fourth-order valence-corrected chi connectivity index (χ4v) is 1.95. The Hall–Kier alpha value is -3.20. The molecule has 0 aliphatic rings. The Bertz CT molecular complexity index is 764. The molecule has 9 heteroatoms. The van der Waals surface area contributed by atoms with Gasteiger partial charge in [-0.1, -0.05) is 6.07 Å². The van der Waals surface area contributed by atoms with E-state index in [1.807, 2.05) is 0 Å². The van der Waals surface area contributed by atoms with Crippen molar-refractivity contribution in [3.63, 3.8) is 0 Å². The van der Waals surface area contributed by atoms with E-state index in [0.29, 0.717) is 11.4 Å². The topological polar surface area (TPSA) is 106 Å². The van der Waals surface area contributed by atoms with Gasteiger partial charge in [0.05, 0.1) is 12.0 Å². The maximum atomic E-state index is 12.0. The number of nitro benzene ring substituents is 1. The SMILES string of the molecule is COc1ccc(NC(=S)NNC(=O)c2cccc([N+](=O)[O-])c2)cc1. The largest absolute Gasteiger partial charge is 0.497 e. The second-order valence-corrected chi connectivity index (χ2v) is 4.98. The van der Waals surface area contributed by atoms with E-state index in [0.717, 1.165) is 0 Å². The summed E-state index contributed by atoms with van der Waals surface area (Å²) < 4.78 is 5.05. The lowest BCUT2D eigenvalue weighted by molar-refractivity contribution is -0.384. The predicted octanol–water partition coefficient (Wildman–Crippen LogP) is 2.23. The molecule has 0 heterocycles. The molecule has 0 aromatic heterocycles. The van der Waals surface area contributed by atoms with Crippen LogP contribution in [-0.4, -0.2) is 23.1 Å². The summed E-state index contributed by atoms with van der Waals surface area (Å²) in [6.45, 7) is 0. The molecule has 0 radical (unpaired) electrons. The first kappa shape index (κ1) is 17.2. The number of carbonyl (C=O) groups is 1. The monoisotopic (exact) mass is 346 g/mol. The summed E-state index contributed by atoms with van der Waals surface area (Å²) in [6, 6.07) is 12.4. The van der Waals surface area contributed by atoms with Crippen LogP contribution in [0.2, 0.25) is 0 Å². The maximum Gasteiger partial charge on any atom is 0.270 e. The van der Waals surface area contributed by atoms with Crippen LogP contribution < -0.4 is 20.9 Å². The molecule has 0 spiro atoms. The number of ether oxygens (including phenoxy) is 1. The van der Waals surface area contributed by atoms with Gasteiger partial charge in [-0.3, -0.25) is 25.8 Å². The number of rotatable bonds is 4. The number of nitro groups is 1. The Balaban J connectivity index is 1.89. The fraction of sp³-hybridized carbons (Fsp3) is 0.0667. The van der Waals surface area contributed by atoms with Crippen molar-refractivity contribution in [1.29, 1.82) is 0 Å². The van der Waals surface area contributed by atoms with E-state index in [1.54, 1.807) is 31.4 Å². The van der Waals surface area contributed by atoms with Crippen molar-refractivity contribution < 1.29 is 14.5 Å². The standard InChI is InChI=1S/C15H14N4O4S/c1-23-13-7-5-11(6-8-13)16-15(24)18-17-14(20)10-3-2-4-12(9-10)19(21)22/h2-9H,1H3,(H,17,20)(H2,16,18,24). The fourth-order valence-electron chi connectivity index (χ4n) is 1.78. The molecule has 2 aromatic carbocycles. The van der Waals surface area contributed by atoms with Gasteiger partial charge in [-0.25, -0.2) is 0 Å². The summed E-state index contributed by atoms with van der Waals surface area (Å²) in [5.74, 6) is 0.163. The Labute approximate surface area is 142 Å². The highest BCUT2D eigenvalue weighted by Crippen LogP contribution is 2.15. The number of nitrogens with zero attached hydrogens (tertiary/aromatic N) is 1. The highest BCUT2D eigenvalue weighted by molar-refractivity contribution is 7.80. The highest BCUT2D eigenvalue weighted by atomic mass is 32.1. The molecule has 1 amide bonds. The number of hydrazine groups is 1. The summed E-state index contributed by atoms with van der Waals surface area (Å²) in [7, 11) is 1.57.